The summed E-state index contributed by atoms with van der Waals surface area (Å²) in [5.74, 6) is -0.291. The molecule has 0 bridgehead atoms. The van der Waals surface area contributed by atoms with E-state index in [9.17, 15) is 4.79 Å². The third kappa shape index (κ3) is 4.42. The lowest BCUT2D eigenvalue weighted by Crippen LogP contribution is -2.21. The molecule has 0 saturated heterocycles. The molecule has 1 atom stereocenters. The minimum absolute atomic E-state index is 0.208. The van der Waals surface area contributed by atoms with Gasteiger partial charge in [-0.15, -0.1) is 0 Å². The lowest BCUT2D eigenvalue weighted by molar-refractivity contribution is -0.140. The van der Waals surface area contributed by atoms with Crippen molar-refractivity contribution >= 4 is 12.0 Å². The second kappa shape index (κ2) is 5.98. The van der Waals surface area contributed by atoms with Crippen LogP contribution in [0.4, 0.5) is 0 Å². The van der Waals surface area contributed by atoms with Gasteiger partial charge in [-0.2, -0.15) is 0 Å². The second-order valence-electron chi connectivity index (χ2n) is 3.21. The number of benzene rings is 1. The number of carbonyl (C=O) groups excluding carboxylic acids is 1. The summed E-state index contributed by atoms with van der Waals surface area (Å²) >= 11 is 0. The highest BCUT2D eigenvalue weighted by molar-refractivity contribution is 5.70. The van der Waals surface area contributed by atoms with E-state index in [0.717, 1.165) is 5.56 Å². The molecule has 3 heteroatoms. The molecule has 0 saturated carbocycles. The quantitative estimate of drug-likeness (QED) is 0.759. The van der Waals surface area contributed by atoms with Crippen LogP contribution in [0.3, 0.4) is 0 Å². The summed E-state index contributed by atoms with van der Waals surface area (Å²) in [5, 5.41) is 0. The summed E-state index contributed by atoms with van der Waals surface area (Å²) in [5.41, 5.74) is 6.78. The summed E-state index contributed by atoms with van der Waals surface area (Å²) in [7, 11) is 1.36. The van der Waals surface area contributed by atoms with E-state index in [0.29, 0.717) is 0 Å². The van der Waals surface area contributed by atoms with Gasteiger partial charge < -0.3 is 10.5 Å². The van der Waals surface area contributed by atoms with Crippen molar-refractivity contribution in [2.24, 2.45) is 5.73 Å². The monoisotopic (exact) mass is 205 g/mol. The van der Waals surface area contributed by atoms with Crippen LogP contribution in [0.2, 0.25) is 0 Å². The highest BCUT2D eigenvalue weighted by Crippen LogP contribution is 2.02. The van der Waals surface area contributed by atoms with Crippen molar-refractivity contribution in [3.8, 4) is 0 Å². The standard InChI is InChI=1S/C12H15NO2/c1-15-12(14)9-11(13)8-7-10-5-3-2-4-6-10/h2-8,11H,9,13H2,1H3/b8-7+/t11-/m1/s1. The molecule has 0 radical (unpaired) electrons. The molecule has 0 heterocycles. The molecule has 0 unspecified atom stereocenters. The normalized spacial score (nSPS) is 12.7. The van der Waals surface area contributed by atoms with Gasteiger partial charge >= 0.3 is 5.97 Å². The first-order chi connectivity index (χ1) is 7.22. The molecule has 1 aromatic rings. The Hall–Kier alpha value is -1.61. The topological polar surface area (TPSA) is 52.3 Å². The molecule has 80 valence electrons. The summed E-state index contributed by atoms with van der Waals surface area (Å²) in [4.78, 5) is 10.9. The van der Waals surface area contributed by atoms with E-state index >= 15 is 0 Å². The minimum Gasteiger partial charge on any atom is -0.469 e. The number of carbonyl (C=O) groups is 1. The Balaban J connectivity index is 2.47. The third-order valence-electron chi connectivity index (χ3n) is 1.97. The van der Waals surface area contributed by atoms with E-state index < -0.39 is 0 Å². The highest BCUT2D eigenvalue weighted by atomic mass is 16.5. The number of hydrogen-bond donors (Lipinski definition) is 1. The Morgan fingerprint density at radius 2 is 2.13 bits per heavy atom. The fourth-order valence-electron chi connectivity index (χ4n) is 1.14. The first-order valence-electron chi connectivity index (χ1n) is 4.78. The van der Waals surface area contributed by atoms with Crippen molar-refractivity contribution in [3.05, 3.63) is 42.0 Å². The van der Waals surface area contributed by atoms with E-state index in [2.05, 4.69) is 4.74 Å². The average molecular weight is 205 g/mol. The van der Waals surface area contributed by atoms with Crippen LogP contribution in [0, 0.1) is 0 Å². The molecule has 0 aromatic heterocycles. The van der Waals surface area contributed by atoms with Crippen LogP contribution in [0.5, 0.6) is 0 Å². The van der Waals surface area contributed by atoms with Crippen molar-refractivity contribution in [2.75, 3.05) is 7.11 Å². The van der Waals surface area contributed by atoms with Crippen LogP contribution in [0.25, 0.3) is 6.08 Å². The van der Waals surface area contributed by atoms with E-state index in [1.807, 2.05) is 36.4 Å². The smallest absolute Gasteiger partial charge is 0.307 e. The first kappa shape index (κ1) is 11.5. The Bertz CT molecular complexity index is 333. The zero-order chi connectivity index (χ0) is 11.1. The summed E-state index contributed by atoms with van der Waals surface area (Å²) < 4.78 is 4.52. The molecule has 2 N–H and O–H groups in total. The lowest BCUT2D eigenvalue weighted by Gasteiger charge is -2.03. The maximum Gasteiger partial charge on any atom is 0.307 e. The molecule has 0 spiro atoms. The minimum atomic E-state index is -0.294. The molecule has 0 fully saturated rings. The maximum atomic E-state index is 10.9. The molecule has 0 aliphatic rings. The summed E-state index contributed by atoms with van der Waals surface area (Å²) in [6.07, 6.45) is 3.90. The zero-order valence-corrected chi connectivity index (χ0v) is 8.72. The summed E-state index contributed by atoms with van der Waals surface area (Å²) in [6.45, 7) is 0. The van der Waals surface area contributed by atoms with Gasteiger partial charge in [0, 0.05) is 6.04 Å². The lowest BCUT2D eigenvalue weighted by atomic mass is 10.1. The number of ether oxygens (including phenoxy) is 1. The van der Waals surface area contributed by atoms with Gasteiger partial charge in [0.15, 0.2) is 0 Å². The van der Waals surface area contributed by atoms with Gasteiger partial charge in [-0.3, -0.25) is 4.79 Å². The molecule has 0 amide bonds. The second-order valence-corrected chi connectivity index (χ2v) is 3.21. The molecule has 1 aromatic carbocycles. The van der Waals surface area contributed by atoms with Crippen LogP contribution in [-0.2, 0) is 9.53 Å². The number of nitrogens with two attached hydrogens (primary N) is 1. The Kier molecular flexibility index (Phi) is 4.57. The predicted molar refractivity (Wildman–Crippen MR) is 60.1 cm³/mol. The van der Waals surface area contributed by atoms with Crippen molar-refractivity contribution < 1.29 is 9.53 Å². The molecule has 0 aliphatic carbocycles. The van der Waals surface area contributed by atoms with E-state index in [4.69, 9.17) is 5.73 Å². The Labute approximate surface area is 89.5 Å². The Morgan fingerprint density at radius 1 is 1.47 bits per heavy atom. The van der Waals surface area contributed by atoms with Gasteiger partial charge in [-0.1, -0.05) is 42.5 Å². The third-order valence-corrected chi connectivity index (χ3v) is 1.97. The Morgan fingerprint density at radius 3 is 2.73 bits per heavy atom. The molecule has 1 rings (SSSR count). The SMILES string of the molecule is COC(=O)C[C@H](N)/C=C/c1ccccc1. The van der Waals surface area contributed by atoms with Gasteiger partial charge in [0.05, 0.1) is 13.5 Å². The largest absolute Gasteiger partial charge is 0.469 e. The van der Waals surface area contributed by atoms with Gasteiger partial charge in [0.25, 0.3) is 0 Å². The molecule has 3 nitrogen and oxygen atoms in total. The maximum absolute atomic E-state index is 10.9. The highest BCUT2D eigenvalue weighted by Gasteiger charge is 2.05. The van der Waals surface area contributed by atoms with Gasteiger partial charge in [0.1, 0.15) is 0 Å². The van der Waals surface area contributed by atoms with Gasteiger partial charge in [-0.05, 0) is 5.56 Å². The van der Waals surface area contributed by atoms with Gasteiger partial charge in [0.2, 0.25) is 0 Å². The number of hydrogen-bond acceptors (Lipinski definition) is 3. The average Bonchev–Trinajstić information content (AvgIpc) is 2.27. The fourth-order valence-corrected chi connectivity index (χ4v) is 1.14. The van der Waals surface area contributed by atoms with Gasteiger partial charge in [-0.25, -0.2) is 0 Å². The van der Waals surface area contributed by atoms with Crippen LogP contribution in [-0.4, -0.2) is 19.1 Å². The molecular weight excluding hydrogens is 190 g/mol. The number of rotatable bonds is 4. The molecule has 0 aliphatic heterocycles. The van der Waals surface area contributed by atoms with E-state index in [1.165, 1.54) is 7.11 Å². The summed E-state index contributed by atoms with van der Waals surface area (Å²) in [6, 6.07) is 9.50. The van der Waals surface area contributed by atoms with Crippen LogP contribution in [0.1, 0.15) is 12.0 Å². The first-order valence-corrected chi connectivity index (χ1v) is 4.78. The molecular formula is C12H15NO2. The van der Waals surface area contributed by atoms with Crippen molar-refractivity contribution in [1.82, 2.24) is 0 Å². The van der Waals surface area contributed by atoms with Crippen molar-refractivity contribution in [1.29, 1.82) is 0 Å². The number of methoxy groups -OCH3 is 1. The predicted octanol–water partition coefficient (Wildman–Crippen LogP) is 1.59. The van der Waals surface area contributed by atoms with Crippen LogP contribution < -0.4 is 5.73 Å². The van der Waals surface area contributed by atoms with Crippen molar-refractivity contribution in [2.45, 2.75) is 12.5 Å². The van der Waals surface area contributed by atoms with Crippen LogP contribution >= 0.6 is 0 Å². The number of esters is 1. The van der Waals surface area contributed by atoms with E-state index in [-0.39, 0.29) is 18.4 Å². The van der Waals surface area contributed by atoms with E-state index in [1.54, 1.807) is 6.08 Å². The zero-order valence-electron chi connectivity index (χ0n) is 8.72. The fraction of sp³-hybridized carbons (Fsp3) is 0.250. The van der Waals surface area contributed by atoms with Crippen LogP contribution in [0.15, 0.2) is 36.4 Å². The van der Waals surface area contributed by atoms with Crippen molar-refractivity contribution in [3.63, 3.8) is 0 Å². The molecule has 15 heavy (non-hydrogen) atoms.